The third kappa shape index (κ3) is 4.83. The molecule has 8 nitrogen and oxygen atoms in total. The number of benzene rings is 1. The molecular formula is C25H37N5O3S. The van der Waals surface area contributed by atoms with Crippen LogP contribution in [0.15, 0.2) is 18.2 Å². The smallest absolute Gasteiger partial charge is 0.226 e. The Labute approximate surface area is 207 Å². The van der Waals surface area contributed by atoms with Gasteiger partial charge in [-0.2, -0.15) is 0 Å². The first-order chi connectivity index (χ1) is 16.7. The summed E-state index contributed by atoms with van der Waals surface area (Å²) in [4.78, 5) is 4.89. The number of rotatable bonds is 8. The first kappa shape index (κ1) is 23.6. The van der Waals surface area contributed by atoms with Gasteiger partial charge in [0, 0.05) is 43.9 Å². The van der Waals surface area contributed by atoms with Crippen molar-refractivity contribution < 1.29 is 14.2 Å². The average molecular weight is 488 g/mol. The highest BCUT2D eigenvalue weighted by Crippen LogP contribution is 2.39. The number of nitrogens with zero attached hydrogens (tertiary/aromatic N) is 5. The number of piperidine rings is 1. The van der Waals surface area contributed by atoms with Gasteiger partial charge in [0.1, 0.15) is 11.5 Å². The molecule has 2 atom stereocenters. The zero-order valence-electron chi connectivity index (χ0n) is 20.4. The van der Waals surface area contributed by atoms with Crippen LogP contribution in [0.25, 0.3) is 0 Å². The van der Waals surface area contributed by atoms with Crippen molar-refractivity contribution in [2.75, 3.05) is 45.4 Å². The number of anilines is 1. The van der Waals surface area contributed by atoms with Crippen molar-refractivity contribution >= 4 is 18.2 Å². The lowest BCUT2D eigenvalue weighted by Crippen LogP contribution is -2.33. The molecule has 2 aromatic rings. The minimum Gasteiger partial charge on any atom is -0.497 e. The van der Waals surface area contributed by atoms with Gasteiger partial charge < -0.3 is 19.1 Å². The Morgan fingerprint density at radius 2 is 1.88 bits per heavy atom. The summed E-state index contributed by atoms with van der Waals surface area (Å²) in [7, 11) is 3.41. The second kappa shape index (κ2) is 10.7. The maximum Gasteiger partial charge on any atom is 0.226 e. The van der Waals surface area contributed by atoms with Crippen LogP contribution in [0.1, 0.15) is 56.6 Å². The Morgan fingerprint density at radius 1 is 1.03 bits per heavy atom. The van der Waals surface area contributed by atoms with Crippen molar-refractivity contribution in [2.45, 2.75) is 70.3 Å². The van der Waals surface area contributed by atoms with E-state index in [0.717, 1.165) is 80.7 Å². The minimum atomic E-state index is 0.232. The lowest BCUT2D eigenvalue weighted by atomic mass is 10.0. The third-order valence-electron chi connectivity index (χ3n) is 7.43. The van der Waals surface area contributed by atoms with Gasteiger partial charge in [0.2, 0.25) is 10.7 Å². The fraction of sp³-hybridized carbons (Fsp3) is 0.680. The molecule has 3 aliphatic heterocycles. The van der Waals surface area contributed by atoms with Gasteiger partial charge in [0.25, 0.3) is 0 Å². The van der Waals surface area contributed by atoms with Gasteiger partial charge in [0.15, 0.2) is 0 Å². The summed E-state index contributed by atoms with van der Waals surface area (Å²) in [5.74, 6) is 2.70. The van der Waals surface area contributed by atoms with E-state index in [4.69, 9.17) is 31.5 Å². The van der Waals surface area contributed by atoms with Crippen LogP contribution < -0.4 is 14.4 Å². The number of aromatic nitrogens is 3. The maximum absolute atomic E-state index is 6.00. The van der Waals surface area contributed by atoms with Crippen LogP contribution >= 0.6 is 12.2 Å². The van der Waals surface area contributed by atoms with Crippen LogP contribution in [0.4, 0.5) is 5.95 Å². The van der Waals surface area contributed by atoms with Crippen LogP contribution in [0.2, 0.25) is 0 Å². The van der Waals surface area contributed by atoms with E-state index in [2.05, 4.69) is 20.4 Å². The fourth-order valence-electron chi connectivity index (χ4n) is 5.61. The normalized spacial score (nSPS) is 23.5. The fourth-order valence-corrected chi connectivity index (χ4v) is 5.87. The Balaban J connectivity index is 1.42. The molecule has 0 N–H and O–H groups in total. The van der Waals surface area contributed by atoms with Crippen LogP contribution in [0.3, 0.4) is 0 Å². The lowest BCUT2D eigenvalue weighted by molar-refractivity contribution is 0.0964. The van der Waals surface area contributed by atoms with Crippen LogP contribution in [0, 0.1) is 4.77 Å². The van der Waals surface area contributed by atoms with Gasteiger partial charge in [0.05, 0.1) is 33.5 Å². The molecular weight excluding hydrogens is 450 g/mol. The van der Waals surface area contributed by atoms with Gasteiger partial charge in [-0.25, -0.2) is 4.68 Å². The topological polar surface area (TPSA) is 56.9 Å². The van der Waals surface area contributed by atoms with Crippen molar-refractivity contribution in [2.24, 2.45) is 0 Å². The van der Waals surface area contributed by atoms with E-state index in [-0.39, 0.29) is 12.1 Å². The second-order valence-electron chi connectivity index (χ2n) is 9.60. The zero-order valence-corrected chi connectivity index (χ0v) is 21.3. The predicted octanol–water partition coefficient (Wildman–Crippen LogP) is 4.40. The first-order valence-corrected chi connectivity index (χ1v) is 13.1. The van der Waals surface area contributed by atoms with Crippen molar-refractivity contribution in [1.29, 1.82) is 0 Å². The summed E-state index contributed by atoms with van der Waals surface area (Å²) in [5.41, 5.74) is 1.20. The van der Waals surface area contributed by atoms with Gasteiger partial charge >= 0.3 is 0 Å². The monoisotopic (exact) mass is 487 g/mol. The largest absolute Gasteiger partial charge is 0.497 e. The third-order valence-corrected chi connectivity index (χ3v) is 7.86. The molecule has 3 aliphatic rings. The van der Waals surface area contributed by atoms with Crippen LogP contribution in [-0.4, -0.2) is 65.8 Å². The summed E-state index contributed by atoms with van der Waals surface area (Å²) >= 11 is 6.00. The summed E-state index contributed by atoms with van der Waals surface area (Å²) in [6.45, 7) is 5.43. The molecule has 0 saturated carbocycles. The SMILES string of the molecule is COc1ccc(C2CCCN2Cn2nc(N3CCCCC3)n(CC3CCCO3)c2=S)c(OC)c1. The molecule has 1 aromatic heterocycles. The highest BCUT2D eigenvalue weighted by atomic mass is 32.1. The molecule has 5 rings (SSSR count). The van der Waals surface area contributed by atoms with Crippen molar-refractivity contribution in [3.63, 3.8) is 0 Å². The molecule has 3 saturated heterocycles. The molecule has 1 aromatic carbocycles. The summed E-state index contributed by atoms with van der Waals surface area (Å²) in [5, 5.41) is 5.09. The lowest BCUT2D eigenvalue weighted by Gasteiger charge is -2.28. The summed E-state index contributed by atoms with van der Waals surface area (Å²) in [6, 6.07) is 6.40. The van der Waals surface area contributed by atoms with E-state index in [9.17, 15) is 0 Å². The average Bonchev–Trinajstić information content (AvgIpc) is 3.62. The Bertz CT molecular complexity index is 1030. The zero-order chi connectivity index (χ0) is 23.5. The quantitative estimate of drug-likeness (QED) is 0.512. The van der Waals surface area contributed by atoms with Crippen LogP contribution in [-0.2, 0) is 18.0 Å². The Morgan fingerprint density at radius 3 is 2.62 bits per heavy atom. The molecule has 0 aliphatic carbocycles. The molecule has 0 amide bonds. The molecule has 9 heteroatoms. The molecule has 4 heterocycles. The van der Waals surface area contributed by atoms with E-state index in [1.54, 1.807) is 14.2 Å². The van der Waals surface area contributed by atoms with Gasteiger partial charge in [-0.3, -0.25) is 9.47 Å². The van der Waals surface area contributed by atoms with E-state index < -0.39 is 0 Å². The maximum atomic E-state index is 6.00. The molecule has 34 heavy (non-hydrogen) atoms. The number of hydrogen-bond acceptors (Lipinski definition) is 7. The molecule has 2 unspecified atom stereocenters. The Kier molecular flexibility index (Phi) is 7.41. The van der Waals surface area contributed by atoms with E-state index >= 15 is 0 Å². The highest BCUT2D eigenvalue weighted by Gasteiger charge is 2.30. The minimum absolute atomic E-state index is 0.232. The molecule has 3 fully saturated rings. The summed E-state index contributed by atoms with van der Waals surface area (Å²) in [6.07, 6.45) is 8.41. The number of likely N-dealkylation sites (tertiary alicyclic amines) is 1. The summed E-state index contributed by atoms with van der Waals surface area (Å²) < 4.78 is 22.1. The van der Waals surface area contributed by atoms with Crippen molar-refractivity contribution in [3.05, 3.63) is 28.5 Å². The first-order valence-electron chi connectivity index (χ1n) is 12.7. The number of methoxy groups -OCH3 is 2. The van der Waals surface area contributed by atoms with Crippen molar-refractivity contribution in [3.8, 4) is 11.5 Å². The molecule has 0 radical (unpaired) electrons. The van der Waals surface area contributed by atoms with Crippen molar-refractivity contribution in [1.82, 2.24) is 19.2 Å². The van der Waals surface area contributed by atoms with Gasteiger partial charge in [-0.15, -0.1) is 5.10 Å². The standard InChI is InChI=1S/C25H37N5O3S/c1-31-19-10-11-21(23(16-19)32-2)22-9-6-14-28(22)18-30-25(34)29(17-20-8-7-15-33-20)24(26-30)27-12-4-3-5-13-27/h10-11,16,20,22H,3-9,12-15,17-18H2,1-2H3. The van der Waals surface area contributed by atoms with Crippen LogP contribution in [0.5, 0.6) is 11.5 Å². The Hall–Kier alpha value is -2.10. The van der Waals surface area contributed by atoms with Gasteiger partial charge in [-0.05, 0) is 63.2 Å². The number of hydrogen-bond donors (Lipinski definition) is 0. The predicted molar refractivity (Wildman–Crippen MR) is 134 cm³/mol. The molecule has 0 bridgehead atoms. The number of ether oxygens (including phenoxy) is 3. The van der Waals surface area contributed by atoms with E-state index in [1.165, 1.54) is 24.8 Å². The molecule has 0 spiro atoms. The van der Waals surface area contributed by atoms with Gasteiger partial charge in [-0.1, -0.05) is 6.07 Å². The second-order valence-corrected chi connectivity index (χ2v) is 9.96. The molecule has 186 valence electrons. The van der Waals surface area contributed by atoms with E-state index in [1.807, 2.05) is 16.8 Å². The van der Waals surface area contributed by atoms with E-state index in [0.29, 0.717) is 6.67 Å². The highest BCUT2D eigenvalue weighted by molar-refractivity contribution is 7.71.